The van der Waals surface area contributed by atoms with Gasteiger partial charge in [-0.05, 0) is 11.6 Å². The molecule has 0 spiro atoms. The first kappa shape index (κ1) is 11.6. The number of aryl methyl sites for hydroxylation is 1. The van der Waals surface area contributed by atoms with Crippen molar-refractivity contribution >= 4 is 11.9 Å². The Hall–Kier alpha value is -1.46. The van der Waals surface area contributed by atoms with Gasteiger partial charge in [-0.25, -0.2) is 0 Å². The van der Waals surface area contributed by atoms with Crippen LogP contribution in [0.25, 0.3) is 0 Å². The van der Waals surface area contributed by atoms with E-state index in [1.807, 2.05) is 27.7 Å². The molecule has 0 aliphatic heterocycles. The van der Waals surface area contributed by atoms with Crippen molar-refractivity contribution in [3.8, 4) is 0 Å². The first-order chi connectivity index (χ1) is 6.93. The molecule has 1 amide bonds. The Morgan fingerprint density at radius 2 is 2.13 bits per heavy atom. The quantitative estimate of drug-likeness (QED) is 0.811. The number of nitrogens with one attached hydrogen (secondary N) is 1. The molecule has 6 nitrogen and oxygen atoms in total. The largest absolute Gasteiger partial charge is 0.291 e. The summed E-state index contributed by atoms with van der Waals surface area (Å²) in [5, 5.41) is 14.2. The van der Waals surface area contributed by atoms with Gasteiger partial charge >= 0.3 is 0 Å². The standard InChI is InChI=1S/C9H17N5O/c1-5-6-14-12-8(11-13-14)10-7(15)9(2,3)4/h5-6H2,1-4H3,(H,10,12,15). The Labute approximate surface area is 89.0 Å². The summed E-state index contributed by atoms with van der Waals surface area (Å²) in [5.74, 6) is 0.155. The Morgan fingerprint density at radius 1 is 1.47 bits per heavy atom. The lowest BCUT2D eigenvalue weighted by Crippen LogP contribution is -2.28. The summed E-state index contributed by atoms with van der Waals surface area (Å²) in [6.45, 7) is 8.23. The Bertz CT molecular complexity index is 339. The number of amides is 1. The minimum absolute atomic E-state index is 0.112. The molecule has 1 N–H and O–H groups in total. The zero-order valence-corrected chi connectivity index (χ0v) is 9.61. The topological polar surface area (TPSA) is 72.7 Å². The van der Waals surface area contributed by atoms with Gasteiger partial charge in [0.1, 0.15) is 0 Å². The van der Waals surface area contributed by atoms with Crippen molar-refractivity contribution in [2.24, 2.45) is 5.41 Å². The molecular formula is C9H17N5O. The molecule has 0 aliphatic carbocycles. The highest BCUT2D eigenvalue weighted by atomic mass is 16.2. The molecule has 0 aliphatic rings. The normalized spacial score (nSPS) is 11.5. The number of hydrogen-bond acceptors (Lipinski definition) is 4. The van der Waals surface area contributed by atoms with E-state index < -0.39 is 5.41 Å². The van der Waals surface area contributed by atoms with Gasteiger partial charge in [-0.1, -0.05) is 32.8 Å². The van der Waals surface area contributed by atoms with E-state index in [1.165, 1.54) is 4.80 Å². The molecule has 1 heterocycles. The molecule has 0 saturated heterocycles. The van der Waals surface area contributed by atoms with Crippen LogP contribution < -0.4 is 5.32 Å². The summed E-state index contributed by atoms with van der Waals surface area (Å²) in [4.78, 5) is 13.0. The molecule has 1 rings (SSSR count). The fourth-order valence-electron chi connectivity index (χ4n) is 0.877. The van der Waals surface area contributed by atoms with Crippen molar-refractivity contribution in [3.05, 3.63) is 0 Å². The van der Waals surface area contributed by atoms with Crippen molar-refractivity contribution in [1.29, 1.82) is 0 Å². The number of nitrogens with zero attached hydrogens (tertiary/aromatic N) is 4. The number of carbonyl (C=O) groups is 1. The van der Waals surface area contributed by atoms with Crippen LogP contribution in [0.1, 0.15) is 34.1 Å². The lowest BCUT2D eigenvalue weighted by molar-refractivity contribution is -0.123. The minimum Gasteiger partial charge on any atom is -0.291 e. The van der Waals surface area contributed by atoms with E-state index in [-0.39, 0.29) is 11.9 Å². The number of rotatable bonds is 3. The first-order valence-electron chi connectivity index (χ1n) is 5.02. The van der Waals surface area contributed by atoms with Crippen molar-refractivity contribution in [1.82, 2.24) is 20.2 Å². The van der Waals surface area contributed by atoms with Crippen LogP contribution in [0.4, 0.5) is 5.95 Å². The van der Waals surface area contributed by atoms with Crippen LogP contribution in [0.5, 0.6) is 0 Å². The van der Waals surface area contributed by atoms with Crippen molar-refractivity contribution < 1.29 is 4.79 Å². The van der Waals surface area contributed by atoms with Crippen LogP contribution in [0.15, 0.2) is 0 Å². The number of aromatic nitrogens is 4. The van der Waals surface area contributed by atoms with Gasteiger partial charge in [0.05, 0.1) is 6.54 Å². The van der Waals surface area contributed by atoms with Crippen molar-refractivity contribution in [3.63, 3.8) is 0 Å². The zero-order valence-electron chi connectivity index (χ0n) is 9.61. The summed E-state index contributed by atoms with van der Waals surface area (Å²) < 4.78 is 0. The highest BCUT2D eigenvalue weighted by molar-refractivity contribution is 5.92. The third kappa shape index (κ3) is 3.30. The molecule has 0 saturated carbocycles. The van der Waals surface area contributed by atoms with Crippen LogP contribution in [-0.4, -0.2) is 26.1 Å². The molecule has 1 aromatic heterocycles. The molecule has 84 valence electrons. The maximum Gasteiger partial charge on any atom is 0.270 e. The Balaban J connectivity index is 2.61. The highest BCUT2D eigenvalue weighted by Gasteiger charge is 2.22. The molecule has 0 unspecified atom stereocenters. The molecule has 0 fully saturated rings. The van der Waals surface area contributed by atoms with E-state index in [0.717, 1.165) is 6.42 Å². The lowest BCUT2D eigenvalue weighted by atomic mass is 9.96. The average molecular weight is 211 g/mol. The second-order valence-electron chi connectivity index (χ2n) is 4.41. The van der Waals surface area contributed by atoms with Gasteiger partial charge in [0.2, 0.25) is 5.91 Å². The number of tetrazole rings is 1. The summed E-state index contributed by atoms with van der Waals surface area (Å²) in [5.41, 5.74) is -0.448. The SMILES string of the molecule is CCCn1nnc(NC(=O)C(C)(C)C)n1. The van der Waals surface area contributed by atoms with Crippen LogP contribution in [0, 0.1) is 5.41 Å². The van der Waals surface area contributed by atoms with E-state index in [0.29, 0.717) is 6.54 Å². The first-order valence-corrected chi connectivity index (χ1v) is 5.02. The number of anilines is 1. The van der Waals surface area contributed by atoms with Crippen molar-refractivity contribution in [2.75, 3.05) is 5.32 Å². The van der Waals surface area contributed by atoms with Gasteiger partial charge in [0.25, 0.3) is 5.95 Å². The van der Waals surface area contributed by atoms with Crippen LogP contribution in [-0.2, 0) is 11.3 Å². The van der Waals surface area contributed by atoms with Crippen molar-refractivity contribution in [2.45, 2.75) is 40.7 Å². The van der Waals surface area contributed by atoms with Gasteiger partial charge in [0, 0.05) is 5.41 Å². The molecule has 6 heteroatoms. The second kappa shape index (κ2) is 4.37. The van der Waals surface area contributed by atoms with E-state index in [9.17, 15) is 4.79 Å². The van der Waals surface area contributed by atoms with E-state index in [1.54, 1.807) is 0 Å². The molecule has 15 heavy (non-hydrogen) atoms. The maximum atomic E-state index is 11.6. The smallest absolute Gasteiger partial charge is 0.270 e. The summed E-state index contributed by atoms with van der Waals surface area (Å²) in [6, 6.07) is 0. The Morgan fingerprint density at radius 3 is 2.67 bits per heavy atom. The predicted octanol–water partition coefficient (Wildman–Crippen LogP) is 1.07. The molecule has 0 aromatic carbocycles. The third-order valence-corrected chi connectivity index (χ3v) is 1.78. The number of carbonyl (C=O) groups excluding carboxylic acids is 1. The molecular weight excluding hydrogens is 194 g/mol. The van der Waals surface area contributed by atoms with Gasteiger partial charge in [-0.2, -0.15) is 4.80 Å². The predicted molar refractivity (Wildman–Crippen MR) is 56.2 cm³/mol. The average Bonchev–Trinajstić information content (AvgIpc) is 2.51. The highest BCUT2D eigenvalue weighted by Crippen LogP contribution is 2.14. The summed E-state index contributed by atoms with van der Waals surface area (Å²) in [6.07, 6.45) is 0.934. The summed E-state index contributed by atoms with van der Waals surface area (Å²) >= 11 is 0. The molecule has 0 radical (unpaired) electrons. The Kier molecular flexibility index (Phi) is 3.39. The maximum absolute atomic E-state index is 11.6. The monoisotopic (exact) mass is 211 g/mol. The lowest BCUT2D eigenvalue weighted by Gasteiger charge is -2.15. The molecule has 0 bridgehead atoms. The fourth-order valence-corrected chi connectivity index (χ4v) is 0.877. The van der Waals surface area contributed by atoms with Gasteiger partial charge in [-0.15, -0.1) is 5.10 Å². The van der Waals surface area contributed by atoms with E-state index >= 15 is 0 Å². The second-order valence-corrected chi connectivity index (χ2v) is 4.41. The van der Waals surface area contributed by atoms with E-state index in [4.69, 9.17) is 0 Å². The van der Waals surface area contributed by atoms with Crippen LogP contribution >= 0.6 is 0 Å². The minimum atomic E-state index is -0.448. The van der Waals surface area contributed by atoms with Gasteiger partial charge in [-0.3, -0.25) is 10.1 Å². The van der Waals surface area contributed by atoms with E-state index in [2.05, 4.69) is 20.7 Å². The zero-order chi connectivity index (χ0) is 11.5. The summed E-state index contributed by atoms with van der Waals surface area (Å²) in [7, 11) is 0. The van der Waals surface area contributed by atoms with Gasteiger partial charge < -0.3 is 0 Å². The van der Waals surface area contributed by atoms with Gasteiger partial charge in [0.15, 0.2) is 0 Å². The third-order valence-electron chi connectivity index (χ3n) is 1.78. The number of hydrogen-bond donors (Lipinski definition) is 1. The fraction of sp³-hybridized carbons (Fsp3) is 0.778. The molecule has 0 atom stereocenters. The van der Waals surface area contributed by atoms with Crippen LogP contribution in [0.3, 0.4) is 0 Å². The molecule has 1 aromatic rings. The van der Waals surface area contributed by atoms with Crippen LogP contribution in [0.2, 0.25) is 0 Å².